The number of hydrogen-bond donors (Lipinski definition) is 1. The zero-order valence-corrected chi connectivity index (χ0v) is 14.2. The van der Waals surface area contributed by atoms with Crippen LogP contribution >= 0.6 is 0 Å². The third kappa shape index (κ3) is 4.88. The third-order valence-electron chi connectivity index (χ3n) is 3.60. The Bertz CT molecular complexity index is 797. The molecule has 1 atom stereocenters. The highest BCUT2D eigenvalue weighted by Crippen LogP contribution is 2.08. The Kier molecular flexibility index (Phi) is 6.24. The van der Waals surface area contributed by atoms with Gasteiger partial charge >= 0.3 is 5.97 Å². The normalized spacial score (nSPS) is 11.2. The molecule has 1 N–H and O–H groups in total. The average Bonchev–Trinajstić information content (AvgIpc) is 2.62. The lowest BCUT2D eigenvalue weighted by Crippen LogP contribution is -2.43. The van der Waals surface area contributed by atoms with Gasteiger partial charge in [-0.2, -0.15) is 5.26 Å². The zero-order chi connectivity index (χ0) is 18.2. The van der Waals surface area contributed by atoms with Crippen molar-refractivity contribution in [2.75, 3.05) is 6.61 Å². The van der Waals surface area contributed by atoms with Gasteiger partial charge in [0.2, 0.25) is 0 Å². The molecule has 0 fully saturated rings. The molecule has 6 heteroatoms. The van der Waals surface area contributed by atoms with E-state index in [0.29, 0.717) is 17.7 Å². The molecule has 2 aromatic rings. The summed E-state index contributed by atoms with van der Waals surface area (Å²) in [6.07, 6.45) is 0.320. The van der Waals surface area contributed by atoms with E-state index in [1.807, 2.05) is 36.4 Å². The van der Waals surface area contributed by atoms with Crippen molar-refractivity contribution in [1.82, 2.24) is 10.3 Å². The zero-order valence-electron chi connectivity index (χ0n) is 14.2. The fourth-order valence-corrected chi connectivity index (χ4v) is 2.32. The molecule has 1 amide bonds. The van der Waals surface area contributed by atoms with Crippen molar-refractivity contribution in [3.8, 4) is 6.07 Å². The maximum atomic E-state index is 12.4. The molecule has 0 saturated heterocycles. The number of nitrogens with one attached hydrogen (secondary N) is 1. The van der Waals surface area contributed by atoms with Crippen molar-refractivity contribution in [1.29, 1.82) is 5.26 Å². The molecular formula is C19H19N3O3. The van der Waals surface area contributed by atoms with E-state index in [1.54, 1.807) is 13.8 Å². The number of aromatic nitrogens is 1. The van der Waals surface area contributed by atoms with E-state index in [-0.39, 0.29) is 12.3 Å². The molecule has 0 unspecified atom stereocenters. The van der Waals surface area contributed by atoms with Gasteiger partial charge in [-0.15, -0.1) is 0 Å². The summed E-state index contributed by atoms with van der Waals surface area (Å²) in [5.74, 6) is -0.980. The fourth-order valence-electron chi connectivity index (χ4n) is 2.32. The van der Waals surface area contributed by atoms with E-state index in [0.717, 1.165) is 5.56 Å². The molecule has 128 valence electrons. The summed E-state index contributed by atoms with van der Waals surface area (Å²) in [4.78, 5) is 28.7. The van der Waals surface area contributed by atoms with Crippen LogP contribution in [0.25, 0.3) is 0 Å². The van der Waals surface area contributed by atoms with Crippen molar-refractivity contribution < 1.29 is 14.3 Å². The number of ether oxygens (including phenoxy) is 1. The molecule has 1 aromatic carbocycles. The lowest BCUT2D eigenvalue weighted by Gasteiger charge is -2.17. The van der Waals surface area contributed by atoms with Gasteiger partial charge < -0.3 is 10.1 Å². The van der Waals surface area contributed by atoms with E-state index in [2.05, 4.69) is 10.3 Å². The van der Waals surface area contributed by atoms with Crippen LogP contribution in [0.5, 0.6) is 0 Å². The van der Waals surface area contributed by atoms with Gasteiger partial charge in [-0.25, -0.2) is 9.78 Å². The number of pyridine rings is 1. The predicted octanol–water partition coefficient (Wildman–Crippen LogP) is 2.17. The summed E-state index contributed by atoms with van der Waals surface area (Å²) >= 11 is 0. The minimum Gasteiger partial charge on any atom is -0.464 e. The van der Waals surface area contributed by atoms with E-state index < -0.39 is 17.9 Å². The van der Waals surface area contributed by atoms with E-state index in [4.69, 9.17) is 10.00 Å². The summed E-state index contributed by atoms with van der Waals surface area (Å²) < 4.78 is 5.06. The first-order valence-corrected chi connectivity index (χ1v) is 7.94. The molecule has 0 aliphatic heterocycles. The van der Waals surface area contributed by atoms with Crippen LogP contribution in [-0.4, -0.2) is 29.5 Å². The molecule has 1 heterocycles. The number of carbonyl (C=O) groups is 2. The minimum absolute atomic E-state index is 0.152. The molecule has 1 aromatic heterocycles. The molecule has 25 heavy (non-hydrogen) atoms. The molecule has 0 bridgehead atoms. The molecule has 6 nitrogen and oxygen atoms in total. The molecule has 0 saturated carbocycles. The first kappa shape index (κ1) is 18.1. The molecular weight excluding hydrogens is 318 g/mol. The smallest absolute Gasteiger partial charge is 0.328 e. The second kappa shape index (κ2) is 8.60. The number of nitriles is 1. The largest absolute Gasteiger partial charge is 0.464 e. The second-order valence-electron chi connectivity index (χ2n) is 5.41. The van der Waals surface area contributed by atoms with Crippen LogP contribution < -0.4 is 5.32 Å². The number of benzene rings is 1. The average molecular weight is 337 g/mol. The maximum Gasteiger partial charge on any atom is 0.328 e. The van der Waals surface area contributed by atoms with E-state index in [1.165, 1.54) is 12.1 Å². The Hall–Kier alpha value is -3.20. The first-order valence-electron chi connectivity index (χ1n) is 7.94. The predicted molar refractivity (Wildman–Crippen MR) is 91.7 cm³/mol. The minimum atomic E-state index is -0.812. The number of rotatable bonds is 6. The topological polar surface area (TPSA) is 92.1 Å². The highest BCUT2D eigenvalue weighted by molar-refractivity contribution is 5.95. The summed E-state index contributed by atoms with van der Waals surface area (Å²) in [5.41, 5.74) is 1.93. The third-order valence-corrected chi connectivity index (χ3v) is 3.60. The van der Waals surface area contributed by atoms with Gasteiger partial charge in [-0.3, -0.25) is 4.79 Å². The van der Waals surface area contributed by atoms with Crippen molar-refractivity contribution in [3.05, 3.63) is 65.0 Å². The molecule has 0 aliphatic rings. The van der Waals surface area contributed by atoms with Gasteiger partial charge in [0.1, 0.15) is 17.8 Å². The Balaban J connectivity index is 2.17. The Morgan fingerprint density at radius 2 is 1.96 bits per heavy atom. The number of esters is 1. The number of nitrogens with zero attached hydrogens (tertiary/aromatic N) is 2. The van der Waals surface area contributed by atoms with Crippen LogP contribution in [-0.2, 0) is 16.0 Å². The SMILES string of the molecule is CCOC(=O)[C@@H](Cc1ccccc1)NC(=O)c1ccc(C#N)c(C)n1. The number of amides is 1. The van der Waals surface area contributed by atoms with Gasteiger partial charge in [-0.05, 0) is 31.5 Å². The number of aryl methyl sites for hydroxylation is 1. The van der Waals surface area contributed by atoms with Crippen LogP contribution in [0.15, 0.2) is 42.5 Å². The molecule has 0 aliphatic carbocycles. The van der Waals surface area contributed by atoms with Gasteiger partial charge in [0.15, 0.2) is 0 Å². The molecule has 0 radical (unpaired) electrons. The van der Waals surface area contributed by atoms with Crippen LogP contribution in [0, 0.1) is 18.3 Å². The summed E-state index contributed by atoms with van der Waals surface area (Å²) in [6.45, 7) is 3.60. The molecule has 2 rings (SSSR count). The van der Waals surface area contributed by atoms with E-state index >= 15 is 0 Å². The van der Waals surface area contributed by atoms with Crippen LogP contribution in [0.1, 0.15) is 34.2 Å². The van der Waals surface area contributed by atoms with Crippen molar-refractivity contribution >= 4 is 11.9 Å². The van der Waals surface area contributed by atoms with Gasteiger partial charge in [-0.1, -0.05) is 30.3 Å². The second-order valence-corrected chi connectivity index (χ2v) is 5.41. The van der Waals surface area contributed by atoms with Gasteiger partial charge in [0.25, 0.3) is 5.91 Å². The first-order chi connectivity index (χ1) is 12.0. The number of carbonyl (C=O) groups excluding carboxylic acids is 2. The molecule has 0 spiro atoms. The van der Waals surface area contributed by atoms with Crippen LogP contribution in [0.3, 0.4) is 0 Å². The Morgan fingerprint density at radius 3 is 2.56 bits per heavy atom. The highest BCUT2D eigenvalue weighted by atomic mass is 16.5. The lowest BCUT2D eigenvalue weighted by molar-refractivity contribution is -0.145. The standard InChI is InChI=1S/C19H19N3O3/c1-3-25-19(24)17(11-14-7-5-4-6-8-14)22-18(23)16-10-9-15(12-20)13(2)21-16/h4-10,17H,3,11H2,1-2H3,(H,22,23)/t17-/m1/s1. The fraction of sp³-hybridized carbons (Fsp3) is 0.263. The van der Waals surface area contributed by atoms with Gasteiger partial charge in [0.05, 0.1) is 17.9 Å². The van der Waals surface area contributed by atoms with Crippen LogP contribution in [0.2, 0.25) is 0 Å². The summed E-state index contributed by atoms with van der Waals surface area (Å²) in [5, 5.41) is 11.6. The van der Waals surface area contributed by atoms with Crippen molar-refractivity contribution in [2.24, 2.45) is 0 Å². The highest BCUT2D eigenvalue weighted by Gasteiger charge is 2.23. The lowest BCUT2D eigenvalue weighted by atomic mass is 10.1. The summed E-state index contributed by atoms with van der Waals surface area (Å²) in [7, 11) is 0. The van der Waals surface area contributed by atoms with Crippen molar-refractivity contribution in [2.45, 2.75) is 26.3 Å². The Labute approximate surface area is 146 Å². The Morgan fingerprint density at radius 1 is 1.24 bits per heavy atom. The quantitative estimate of drug-likeness (QED) is 0.816. The van der Waals surface area contributed by atoms with Crippen molar-refractivity contribution in [3.63, 3.8) is 0 Å². The van der Waals surface area contributed by atoms with Crippen LogP contribution in [0.4, 0.5) is 0 Å². The van der Waals surface area contributed by atoms with E-state index in [9.17, 15) is 9.59 Å². The van der Waals surface area contributed by atoms with Gasteiger partial charge in [0, 0.05) is 6.42 Å². The summed E-state index contributed by atoms with van der Waals surface area (Å²) in [6, 6.07) is 13.6. The number of hydrogen-bond acceptors (Lipinski definition) is 5. The maximum absolute atomic E-state index is 12.4. The monoisotopic (exact) mass is 337 g/mol.